The average Bonchev–Trinajstić information content (AvgIpc) is 2.72. The number of esters is 1. The first-order valence-corrected chi connectivity index (χ1v) is 11.5. The minimum absolute atomic E-state index is 0. The van der Waals surface area contributed by atoms with E-state index in [1.165, 1.54) is 11.8 Å². The molecule has 0 spiro atoms. The maximum Gasteiger partial charge on any atom is 0.345 e. The number of nitrogens with zero attached hydrogens (tertiary/aromatic N) is 1. The summed E-state index contributed by atoms with van der Waals surface area (Å²) in [6, 6.07) is 9.90. The summed E-state index contributed by atoms with van der Waals surface area (Å²) in [6.45, 7) is 8.23. The Morgan fingerprint density at radius 1 is 1.03 bits per heavy atom. The van der Waals surface area contributed by atoms with Crippen molar-refractivity contribution in [2.24, 2.45) is 7.05 Å². The highest BCUT2D eigenvalue weighted by Crippen LogP contribution is 2.31. The summed E-state index contributed by atoms with van der Waals surface area (Å²) in [6.07, 6.45) is 3.42. The van der Waals surface area contributed by atoms with E-state index in [9.17, 15) is 9.59 Å². The van der Waals surface area contributed by atoms with E-state index in [2.05, 4.69) is 6.92 Å². The average molecular weight is 541 g/mol. The molecular weight excluding hydrogens is 509 g/mol. The molecule has 0 unspecified atom stereocenters. The van der Waals surface area contributed by atoms with Crippen molar-refractivity contribution in [3.05, 3.63) is 52.7 Å². The maximum atomic E-state index is 13.1. The first-order valence-electron chi connectivity index (χ1n) is 10.5. The zero-order chi connectivity index (χ0) is 21.4. The normalized spacial score (nSPS) is 10.4. The highest BCUT2D eigenvalue weighted by molar-refractivity contribution is 8.14. The molecule has 6 heteroatoms. The lowest BCUT2D eigenvalue weighted by Gasteiger charge is -2.18. The van der Waals surface area contributed by atoms with Gasteiger partial charge in [0.1, 0.15) is 12.6 Å². The molecular formula is C24H32INO3S. The molecule has 0 N–H and O–H groups in total. The lowest BCUT2D eigenvalue weighted by Crippen LogP contribution is -3.00. The number of hydrogen-bond donors (Lipinski definition) is 0. The van der Waals surface area contributed by atoms with Gasteiger partial charge in [0.15, 0.2) is 5.69 Å². The van der Waals surface area contributed by atoms with Gasteiger partial charge < -0.3 is 28.7 Å². The Hall–Kier alpha value is -1.41. The van der Waals surface area contributed by atoms with Crippen LogP contribution in [0.1, 0.15) is 72.5 Å². The molecule has 1 aromatic carbocycles. The molecule has 0 saturated carbocycles. The van der Waals surface area contributed by atoms with Gasteiger partial charge in [0.2, 0.25) is 10.8 Å². The fourth-order valence-electron chi connectivity index (χ4n) is 3.70. The Morgan fingerprint density at radius 2 is 1.70 bits per heavy atom. The van der Waals surface area contributed by atoms with Gasteiger partial charge in [0.25, 0.3) is 0 Å². The van der Waals surface area contributed by atoms with Crippen LogP contribution in [-0.2, 0) is 24.6 Å². The molecule has 0 amide bonds. The largest absolute Gasteiger partial charge is 1.00 e. The number of carbonyl (C=O) groups is 2. The molecule has 0 bridgehead atoms. The summed E-state index contributed by atoms with van der Waals surface area (Å²) in [5.41, 5.74) is 4.79. The molecule has 0 radical (unpaired) electrons. The zero-order valence-corrected chi connectivity index (χ0v) is 21.6. The van der Waals surface area contributed by atoms with E-state index in [-0.39, 0.29) is 35.1 Å². The van der Waals surface area contributed by atoms with Crippen molar-refractivity contribution in [1.82, 2.24) is 0 Å². The summed E-state index contributed by atoms with van der Waals surface area (Å²) < 4.78 is 7.47. The molecule has 0 aliphatic rings. The molecule has 0 aliphatic heterocycles. The van der Waals surface area contributed by atoms with Crippen molar-refractivity contribution in [3.63, 3.8) is 0 Å². The number of rotatable bonds is 9. The first kappa shape index (κ1) is 26.6. The Kier molecular flexibility index (Phi) is 11.6. The number of carbonyl (C=O) groups excluding carboxylic acids is 2. The zero-order valence-electron chi connectivity index (χ0n) is 18.6. The molecule has 2 rings (SSSR count). The molecule has 2 aromatic rings. The second-order valence-electron chi connectivity index (χ2n) is 6.85. The van der Waals surface area contributed by atoms with Crippen LogP contribution in [0.15, 0.2) is 30.3 Å². The second-order valence-corrected chi connectivity index (χ2v) is 8.08. The van der Waals surface area contributed by atoms with Gasteiger partial charge in [0.05, 0.1) is 12.2 Å². The third-order valence-corrected chi connectivity index (χ3v) is 5.75. The van der Waals surface area contributed by atoms with Crippen molar-refractivity contribution in [1.29, 1.82) is 0 Å². The van der Waals surface area contributed by atoms with Crippen LogP contribution in [0.5, 0.6) is 0 Å². The van der Waals surface area contributed by atoms with Gasteiger partial charge in [-0.15, -0.1) is 0 Å². The van der Waals surface area contributed by atoms with Crippen molar-refractivity contribution in [3.8, 4) is 11.3 Å². The fourth-order valence-corrected chi connectivity index (χ4v) is 4.35. The number of benzene rings is 1. The van der Waals surface area contributed by atoms with Crippen molar-refractivity contribution in [2.45, 2.75) is 53.4 Å². The van der Waals surface area contributed by atoms with Gasteiger partial charge >= 0.3 is 5.97 Å². The van der Waals surface area contributed by atoms with Gasteiger partial charge in [0, 0.05) is 12.0 Å². The van der Waals surface area contributed by atoms with Crippen molar-refractivity contribution in [2.75, 3.05) is 12.4 Å². The quantitative estimate of drug-likeness (QED) is 0.278. The molecule has 4 nitrogen and oxygen atoms in total. The highest BCUT2D eigenvalue weighted by atomic mass is 127. The van der Waals surface area contributed by atoms with E-state index in [1.54, 1.807) is 6.92 Å². The number of aromatic nitrogens is 1. The van der Waals surface area contributed by atoms with Crippen LogP contribution in [0.4, 0.5) is 0 Å². The van der Waals surface area contributed by atoms with E-state index in [0.717, 1.165) is 41.8 Å². The van der Waals surface area contributed by atoms with E-state index in [4.69, 9.17) is 4.74 Å². The Balaban J connectivity index is 0.00000450. The predicted molar refractivity (Wildman–Crippen MR) is 119 cm³/mol. The van der Waals surface area contributed by atoms with Crippen LogP contribution in [0.2, 0.25) is 0 Å². The summed E-state index contributed by atoms with van der Waals surface area (Å²) in [5.74, 6) is 0.338. The van der Waals surface area contributed by atoms with Gasteiger partial charge in [-0.05, 0) is 43.2 Å². The van der Waals surface area contributed by atoms with Crippen LogP contribution < -0.4 is 28.5 Å². The molecule has 30 heavy (non-hydrogen) atoms. The number of thioether (sulfide) groups is 1. The van der Waals surface area contributed by atoms with Gasteiger partial charge in [-0.3, -0.25) is 4.79 Å². The summed E-state index contributed by atoms with van der Waals surface area (Å²) in [7, 11) is 1.96. The van der Waals surface area contributed by atoms with E-state index in [1.807, 2.05) is 55.8 Å². The minimum atomic E-state index is -0.364. The summed E-state index contributed by atoms with van der Waals surface area (Å²) >= 11 is 1.30. The Morgan fingerprint density at radius 3 is 2.23 bits per heavy atom. The van der Waals surface area contributed by atoms with Gasteiger partial charge in [-0.2, -0.15) is 4.57 Å². The fraction of sp³-hybridized carbons (Fsp3) is 0.458. The number of unbranched alkanes of at least 4 members (excludes halogenated alkanes) is 1. The molecule has 0 saturated heterocycles. The lowest BCUT2D eigenvalue weighted by atomic mass is 9.91. The van der Waals surface area contributed by atoms with Gasteiger partial charge in [-0.1, -0.05) is 57.2 Å². The standard InChI is InChI=1S/C24H32NO3S.HI/c1-6-10-16-19-20(24(27)29-9-4)18(7-2)21(23(26)28-8-3)22(25(19)5)17-14-12-11-13-15-17;/h11-15H,6-10,16H2,1-5H3;1H/q+1;/p-1. The van der Waals surface area contributed by atoms with Crippen LogP contribution >= 0.6 is 11.8 Å². The van der Waals surface area contributed by atoms with E-state index < -0.39 is 0 Å². The summed E-state index contributed by atoms with van der Waals surface area (Å²) in [5, 5.41) is 0.0382. The number of pyridine rings is 1. The number of hydrogen-bond acceptors (Lipinski definition) is 4. The third-order valence-electron chi connectivity index (χ3n) is 5.00. The molecule has 0 aliphatic carbocycles. The van der Waals surface area contributed by atoms with Crippen LogP contribution in [0.25, 0.3) is 11.3 Å². The second kappa shape index (κ2) is 13.1. The monoisotopic (exact) mass is 541 g/mol. The summed E-state index contributed by atoms with van der Waals surface area (Å²) in [4.78, 5) is 26.2. The number of ether oxygens (including phenoxy) is 1. The first-order chi connectivity index (χ1) is 14.0. The highest BCUT2D eigenvalue weighted by Gasteiger charge is 2.35. The molecule has 0 atom stereocenters. The molecule has 164 valence electrons. The Bertz CT molecular complexity index is 869. The minimum Gasteiger partial charge on any atom is -1.00 e. The van der Waals surface area contributed by atoms with Crippen LogP contribution in [-0.4, -0.2) is 23.4 Å². The Labute approximate surface area is 201 Å². The predicted octanol–water partition coefficient (Wildman–Crippen LogP) is 2.16. The van der Waals surface area contributed by atoms with Crippen LogP contribution in [0.3, 0.4) is 0 Å². The van der Waals surface area contributed by atoms with E-state index >= 15 is 0 Å². The molecule has 1 heterocycles. The smallest absolute Gasteiger partial charge is 0.345 e. The lowest BCUT2D eigenvalue weighted by molar-refractivity contribution is -0.668. The van der Waals surface area contributed by atoms with Gasteiger partial charge in [-0.25, -0.2) is 4.79 Å². The van der Waals surface area contributed by atoms with E-state index in [0.29, 0.717) is 29.9 Å². The molecule has 1 aromatic heterocycles. The van der Waals surface area contributed by atoms with Crippen LogP contribution in [0, 0.1) is 0 Å². The topological polar surface area (TPSA) is 47.3 Å². The number of halogens is 1. The van der Waals surface area contributed by atoms with Crippen molar-refractivity contribution >= 4 is 22.8 Å². The molecule has 0 fully saturated rings. The third kappa shape index (κ3) is 5.84. The SMILES string of the molecule is CCCCc1c(C(=O)SCC)c(CC)c(C(=O)OCC)c(-c2ccccc2)[n+]1C.[I-]. The van der Waals surface area contributed by atoms with Crippen molar-refractivity contribution < 1.29 is 42.9 Å². The maximum absolute atomic E-state index is 13.1.